The van der Waals surface area contributed by atoms with E-state index in [0.717, 1.165) is 0 Å². The number of carbonyl (C=O) groups is 1. The van der Waals surface area contributed by atoms with Gasteiger partial charge in [0.2, 0.25) is 5.88 Å². The second-order valence-corrected chi connectivity index (χ2v) is 11.3. The van der Waals surface area contributed by atoms with Gasteiger partial charge in [0.15, 0.2) is 0 Å². The third kappa shape index (κ3) is 5.92. The molecule has 40 heavy (non-hydrogen) atoms. The molecule has 210 valence electrons. The van der Waals surface area contributed by atoms with E-state index in [1.807, 2.05) is 13.8 Å². The zero-order valence-corrected chi connectivity index (χ0v) is 24.2. The molecule has 0 amide bonds. The smallest absolute Gasteiger partial charge is 0.337 e. The van der Waals surface area contributed by atoms with Crippen molar-refractivity contribution >= 4 is 44.9 Å². The van der Waals surface area contributed by atoms with Crippen molar-refractivity contribution in [2.75, 3.05) is 18.7 Å². The van der Waals surface area contributed by atoms with Crippen molar-refractivity contribution in [3.05, 3.63) is 87.7 Å². The van der Waals surface area contributed by atoms with Crippen LogP contribution in [0.15, 0.2) is 70.2 Å². The molecule has 0 bridgehead atoms. The number of aromatic nitrogens is 2. The summed E-state index contributed by atoms with van der Waals surface area (Å²) in [6, 6.07) is 13.4. The monoisotopic (exact) mass is 605 g/mol. The van der Waals surface area contributed by atoms with E-state index in [0.29, 0.717) is 37.1 Å². The Bertz CT molecular complexity index is 1590. The summed E-state index contributed by atoms with van der Waals surface area (Å²) < 4.78 is 43.3. The third-order valence-corrected chi connectivity index (χ3v) is 8.09. The maximum absolute atomic E-state index is 13.2. The van der Waals surface area contributed by atoms with Gasteiger partial charge >= 0.3 is 5.97 Å². The summed E-state index contributed by atoms with van der Waals surface area (Å²) in [6.45, 7) is 3.95. The minimum absolute atomic E-state index is 0.00130. The van der Waals surface area contributed by atoms with Gasteiger partial charge in [-0.25, -0.2) is 9.78 Å². The maximum atomic E-state index is 13.2. The number of carbonyl (C=O) groups excluding carboxylic acids is 1. The van der Waals surface area contributed by atoms with E-state index in [9.17, 15) is 13.2 Å². The van der Waals surface area contributed by atoms with Crippen molar-refractivity contribution in [2.45, 2.75) is 31.3 Å². The minimum atomic E-state index is -4.14. The molecule has 0 saturated carbocycles. The molecule has 0 unspecified atom stereocenters. The first-order valence-electron chi connectivity index (χ1n) is 11.9. The quantitative estimate of drug-likeness (QED) is 0.151. The minimum Gasteiger partial charge on any atom is -0.473 e. The highest BCUT2D eigenvalue weighted by Gasteiger charge is 2.27. The number of hydrogen-bond donors (Lipinski definition) is 0. The lowest BCUT2D eigenvalue weighted by atomic mass is 10.0. The van der Waals surface area contributed by atoms with Crippen molar-refractivity contribution in [1.29, 1.82) is 0 Å². The summed E-state index contributed by atoms with van der Waals surface area (Å²) in [5.74, 6) is 0.240. The van der Waals surface area contributed by atoms with Gasteiger partial charge in [0.1, 0.15) is 23.7 Å². The first kappa shape index (κ1) is 29.3. The van der Waals surface area contributed by atoms with Gasteiger partial charge in [-0.2, -0.15) is 8.42 Å². The fourth-order valence-electron chi connectivity index (χ4n) is 3.87. The van der Waals surface area contributed by atoms with Crippen LogP contribution in [-0.2, 0) is 26.2 Å². The van der Waals surface area contributed by atoms with Gasteiger partial charge in [0.25, 0.3) is 10.0 Å². The summed E-state index contributed by atoms with van der Waals surface area (Å²) in [4.78, 5) is 21.0. The van der Waals surface area contributed by atoms with Crippen molar-refractivity contribution in [3.8, 4) is 17.1 Å². The first-order chi connectivity index (χ1) is 19.1. The molecule has 4 rings (SSSR count). The molecule has 0 saturated heterocycles. The van der Waals surface area contributed by atoms with Crippen LogP contribution < -0.4 is 9.21 Å². The lowest BCUT2D eigenvalue weighted by Crippen LogP contribution is -2.30. The summed E-state index contributed by atoms with van der Waals surface area (Å²) >= 11 is 12.8. The predicted octanol–water partition coefficient (Wildman–Crippen LogP) is 6.29. The Kier molecular flexibility index (Phi) is 8.99. The molecule has 2 aromatic heterocycles. The Balaban J connectivity index is 1.56. The molecule has 0 spiro atoms. The highest BCUT2D eigenvalue weighted by Crippen LogP contribution is 2.38. The molecule has 0 aliphatic carbocycles. The number of ether oxygens (including phenoxy) is 2. The van der Waals surface area contributed by atoms with Crippen LogP contribution in [0.2, 0.25) is 10.0 Å². The number of benzene rings is 2. The molecule has 0 atom stereocenters. The number of hydrogen-bond acceptors (Lipinski definition) is 9. The van der Waals surface area contributed by atoms with Crippen LogP contribution in [0.4, 0.5) is 5.69 Å². The van der Waals surface area contributed by atoms with E-state index in [-0.39, 0.29) is 34.6 Å². The molecule has 4 aromatic rings. The van der Waals surface area contributed by atoms with E-state index in [1.165, 1.54) is 56.8 Å². The summed E-state index contributed by atoms with van der Waals surface area (Å²) in [6.07, 6.45) is 1.29. The average molecular weight is 606 g/mol. The molecule has 0 N–H and O–H groups in total. The Morgan fingerprint density at radius 3 is 2.25 bits per heavy atom. The number of esters is 1. The number of halogens is 2. The molecule has 0 fully saturated rings. The molecule has 13 heteroatoms. The van der Waals surface area contributed by atoms with Crippen molar-refractivity contribution in [3.63, 3.8) is 0 Å². The standard InChI is InChI=1S/C27H25Cl2N3O7S/c1-16(2)26-20(25(31-39-26)24-21(28)6-5-7-22(24)29)15-38-23-13-10-18(14-30-23)32(37-4)40(34,35)19-11-8-17(9-12-19)27(33)36-3/h5-14,16H,15H2,1-4H3. The molecule has 2 heterocycles. The fourth-order valence-corrected chi connectivity index (χ4v) is 5.70. The number of sulfonamides is 1. The van der Waals surface area contributed by atoms with Crippen LogP contribution >= 0.6 is 23.2 Å². The number of methoxy groups -OCH3 is 1. The zero-order chi connectivity index (χ0) is 29.0. The topological polar surface area (TPSA) is 121 Å². The summed E-state index contributed by atoms with van der Waals surface area (Å²) in [7, 11) is -1.69. The van der Waals surface area contributed by atoms with Gasteiger partial charge in [-0.1, -0.05) is 48.3 Å². The van der Waals surface area contributed by atoms with Crippen molar-refractivity contribution in [1.82, 2.24) is 10.1 Å². The average Bonchev–Trinajstić information content (AvgIpc) is 3.36. The number of pyridine rings is 1. The molecule has 10 nitrogen and oxygen atoms in total. The number of anilines is 1. The van der Waals surface area contributed by atoms with Crippen LogP contribution in [0, 0.1) is 0 Å². The number of rotatable bonds is 10. The van der Waals surface area contributed by atoms with E-state index < -0.39 is 16.0 Å². The maximum Gasteiger partial charge on any atom is 0.337 e. The predicted molar refractivity (Wildman–Crippen MR) is 149 cm³/mol. The first-order valence-corrected chi connectivity index (χ1v) is 14.1. The van der Waals surface area contributed by atoms with E-state index in [4.69, 9.17) is 37.3 Å². The van der Waals surface area contributed by atoms with Gasteiger partial charge < -0.3 is 14.0 Å². The number of nitrogens with zero attached hydrogens (tertiary/aromatic N) is 3. The van der Waals surface area contributed by atoms with Crippen LogP contribution in [0.3, 0.4) is 0 Å². The second kappa shape index (κ2) is 12.3. The molecular weight excluding hydrogens is 581 g/mol. The summed E-state index contributed by atoms with van der Waals surface area (Å²) in [5, 5.41) is 5.04. The molecule has 0 aliphatic rings. The lowest BCUT2D eigenvalue weighted by Gasteiger charge is -2.21. The highest BCUT2D eigenvalue weighted by molar-refractivity contribution is 7.92. The van der Waals surface area contributed by atoms with Gasteiger partial charge in [0.05, 0.1) is 46.5 Å². The largest absolute Gasteiger partial charge is 0.473 e. The zero-order valence-electron chi connectivity index (χ0n) is 21.9. The van der Waals surface area contributed by atoms with Crippen LogP contribution in [-0.4, -0.2) is 38.7 Å². The molecule has 0 aliphatic heterocycles. The molecule has 2 aromatic carbocycles. The van der Waals surface area contributed by atoms with Crippen molar-refractivity contribution < 1.29 is 32.0 Å². The Labute approximate surface area is 241 Å². The van der Waals surface area contributed by atoms with Crippen LogP contribution in [0.25, 0.3) is 11.3 Å². The fraction of sp³-hybridized carbons (Fsp3) is 0.222. The van der Waals surface area contributed by atoms with Gasteiger partial charge in [0, 0.05) is 17.5 Å². The second-order valence-electron chi connectivity index (χ2n) is 8.70. The van der Waals surface area contributed by atoms with Gasteiger partial charge in [-0.3, -0.25) is 4.84 Å². The normalized spacial score (nSPS) is 11.5. The van der Waals surface area contributed by atoms with Gasteiger partial charge in [-0.15, -0.1) is 4.47 Å². The van der Waals surface area contributed by atoms with Crippen LogP contribution in [0.1, 0.15) is 41.4 Å². The molecular formula is C27H25Cl2N3O7S. The lowest BCUT2D eigenvalue weighted by molar-refractivity contribution is 0.0600. The summed E-state index contributed by atoms with van der Waals surface area (Å²) in [5.41, 5.74) is 1.99. The Hall–Kier alpha value is -3.64. The highest BCUT2D eigenvalue weighted by atomic mass is 35.5. The Morgan fingerprint density at radius 1 is 1.02 bits per heavy atom. The van der Waals surface area contributed by atoms with E-state index in [2.05, 4.69) is 14.9 Å². The van der Waals surface area contributed by atoms with Crippen LogP contribution in [0.5, 0.6) is 5.88 Å². The SMILES string of the molecule is COC(=O)c1ccc(S(=O)(=O)N(OC)c2ccc(OCc3c(-c4c(Cl)cccc4Cl)noc3C(C)C)nc2)cc1. The van der Waals surface area contributed by atoms with E-state index in [1.54, 1.807) is 18.2 Å². The third-order valence-electron chi connectivity index (χ3n) is 5.80. The molecule has 0 radical (unpaired) electrons. The van der Waals surface area contributed by atoms with Gasteiger partial charge in [-0.05, 0) is 42.5 Å². The van der Waals surface area contributed by atoms with E-state index >= 15 is 0 Å². The van der Waals surface area contributed by atoms with Crippen molar-refractivity contribution in [2.24, 2.45) is 0 Å². The Morgan fingerprint density at radius 2 is 1.70 bits per heavy atom.